The van der Waals surface area contributed by atoms with Crippen LogP contribution in [0, 0.1) is 0 Å². The van der Waals surface area contributed by atoms with E-state index < -0.39 is 0 Å². The topological polar surface area (TPSA) is 35.8 Å². The second-order valence-electron chi connectivity index (χ2n) is 6.50. The van der Waals surface area contributed by atoms with Crippen LogP contribution in [-0.2, 0) is 6.54 Å². The van der Waals surface area contributed by atoms with Gasteiger partial charge in [-0.1, -0.05) is 13.8 Å². The van der Waals surface area contributed by atoms with E-state index >= 15 is 0 Å². The maximum absolute atomic E-state index is 5.77. The molecule has 0 unspecified atom stereocenters. The monoisotopic (exact) mass is 278 g/mol. The van der Waals surface area contributed by atoms with E-state index in [1.807, 2.05) is 6.20 Å². The predicted octanol–water partition coefficient (Wildman–Crippen LogP) is 1.23. The Labute approximate surface area is 121 Å². The molecule has 5 heteroatoms. The minimum absolute atomic E-state index is 0.422. The second-order valence-corrected chi connectivity index (χ2v) is 6.50. The van der Waals surface area contributed by atoms with Crippen LogP contribution in [0.15, 0.2) is 10.6 Å². The van der Waals surface area contributed by atoms with Gasteiger partial charge in [-0.2, -0.15) is 0 Å². The van der Waals surface area contributed by atoms with Crippen molar-refractivity contribution in [1.29, 1.82) is 0 Å². The fourth-order valence-electron chi connectivity index (χ4n) is 2.95. The average Bonchev–Trinajstić information content (AvgIpc) is 2.83. The van der Waals surface area contributed by atoms with Gasteiger partial charge in [0.1, 0.15) is 5.76 Å². The van der Waals surface area contributed by atoms with Crippen LogP contribution < -0.4 is 0 Å². The lowest BCUT2D eigenvalue weighted by atomic mass is 10.1. The largest absolute Gasteiger partial charge is 0.444 e. The summed E-state index contributed by atoms with van der Waals surface area (Å²) in [4.78, 5) is 11.8. The van der Waals surface area contributed by atoms with Crippen LogP contribution >= 0.6 is 0 Å². The third kappa shape index (κ3) is 3.05. The van der Waals surface area contributed by atoms with Gasteiger partial charge in [0.15, 0.2) is 0 Å². The van der Waals surface area contributed by atoms with E-state index in [0.717, 1.165) is 37.3 Å². The van der Waals surface area contributed by atoms with Crippen molar-refractivity contribution >= 4 is 0 Å². The third-order valence-electron chi connectivity index (χ3n) is 4.49. The van der Waals surface area contributed by atoms with Crippen LogP contribution in [0.25, 0.3) is 0 Å². The summed E-state index contributed by atoms with van der Waals surface area (Å²) in [7, 11) is 2.21. The van der Waals surface area contributed by atoms with Crippen molar-refractivity contribution < 1.29 is 4.42 Å². The molecule has 1 aromatic heterocycles. The Kier molecular flexibility index (Phi) is 4.10. The van der Waals surface area contributed by atoms with Gasteiger partial charge in [-0.3, -0.25) is 9.80 Å². The van der Waals surface area contributed by atoms with E-state index in [0.29, 0.717) is 5.92 Å². The van der Waals surface area contributed by atoms with Gasteiger partial charge in [0.25, 0.3) is 0 Å². The van der Waals surface area contributed by atoms with Gasteiger partial charge in [-0.05, 0) is 7.05 Å². The molecule has 3 heterocycles. The molecule has 112 valence electrons. The van der Waals surface area contributed by atoms with Gasteiger partial charge >= 0.3 is 0 Å². The lowest BCUT2D eigenvalue weighted by molar-refractivity contribution is 0.00157. The van der Waals surface area contributed by atoms with Crippen LogP contribution in [0.3, 0.4) is 0 Å². The molecule has 0 bridgehead atoms. The zero-order valence-corrected chi connectivity index (χ0v) is 12.9. The summed E-state index contributed by atoms with van der Waals surface area (Å²) < 4.78 is 5.77. The number of aromatic nitrogens is 1. The lowest BCUT2D eigenvalue weighted by Gasteiger charge is -2.47. The quantitative estimate of drug-likeness (QED) is 0.828. The normalized spacial score (nSPS) is 23.4. The first-order chi connectivity index (χ1) is 9.61. The highest BCUT2D eigenvalue weighted by Gasteiger charge is 2.33. The number of piperazine rings is 1. The fraction of sp³-hybridized carbons (Fsp3) is 0.800. The first-order valence-corrected chi connectivity index (χ1v) is 7.71. The Balaban J connectivity index is 1.43. The highest BCUT2D eigenvalue weighted by molar-refractivity contribution is 5.00. The van der Waals surface area contributed by atoms with Gasteiger partial charge < -0.3 is 9.32 Å². The Morgan fingerprint density at radius 2 is 1.95 bits per heavy atom. The molecular weight excluding hydrogens is 252 g/mol. The molecule has 0 spiro atoms. The van der Waals surface area contributed by atoms with Crippen molar-refractivity contribution in [3.8, 4) is 0 Å². The molecule has 20 heavy (non-hydrogen) atoms. The van der Waals surface area contributed by atoms with E-state index in [2.05, 4.69) is 40.6 Å². The molecule has 1 aromatic rings. The summed E-state index contributed by atoms with van der Waals surface area (Å²) in [5.41, 5.74) is 0. The molecule has 0 saturated carbocycles. The smallest absolute Gasteiger partial charge is 0.208 e. The summed E-state index contributed by atoms with van der Waals surface area (Å²) in [6.07, 6.45) is 1.87. The number of oxazole rings is 1. The molecule has 0 aliphatic carbocycles. The van der Waals surface area contributed by atoms with Crippen LogP contribution in [0.2, 0.25) is 0 Å². The molecule has 2 fully saturated rings. The molecule has 0 N–H and O–H groups in total. The van der Waals surface area contributed by atoms with Crippen LogP contribution in [-0.4, -0.2) is 72.0 Å². The number of likely N-dealkylation sites (tertiary alicyclic amines) is 1. The highest BCUT2D eigenvalue weighted by Crippen LogP contribution is 2.21. The van der Waals surface area contributed by atoms with Crippen molar-refractivity contribution in [3.05, 3.63) is 17.8 Å². The van der Waals surface area contributed by atoms with Gasteiger partial charge in [-0.25, -0.2) is 4.98 Å². The zero-order chi connectivity index (χ0) is 14.1. The minimum atomic E-state index is 0.422. The first kappa shape index (κ1) is 14.0. The van der Waals surface area contributed by atoms with Crippen molar-refractivity contribution in [3.63, 3.8) is 0 Å². The SMILES string of the molecule is CC(C)c1cnc(CN2CC(N3CCN(C)CC3)C2)o1. The van der Waals surface area contributed by atoms with Crippen molar-refractivity contribution in [1.82, 2.24) is 19.7 Å². The summed E-state index contributed by atoms with van der Waals surface area (Å²) in [6.45, 7) is 12.3. The Hall–Kier alpha value is -0.910. The standard InChI is InChI=1S/C15H26N4O/c1-12(2)14-8-16-15(20-14)11-18-9-13(10-18)19-6-4-17(3)5-7-19/h8,12-13H,4-7,9-11H2,1-3H3. The predicted molar refractivity (Wildman–Crippen MR) is 78.7 cm³/mol. The average molecular weight is 278 g/mol. The maximum Gasteiger partial charge on any atom is 0.208 e. The number of rotatable bonds is 4. The van der Waals surface area contributed by atoms with Gasteiger partial charge in [0.2, 0.25) is 5.89 Å². The molecule has 2 aliphatic heterocycles. The van der Waals surface area contributed by atoms with Crippen molar-refractivity contribution in [2.24, 2.45) is 0 Å². The lowest BCUT2D eigenvalue weighted by Crippen LogP contribution is -2.62. The van der Waals surface area contributed by atoms with Gasteiger partial charge in [-0.15, -0.1) is 0 Å². The Morgan fingerprint density at radius 1 is 1.25 bits per heavy atom. The molecule has 5 nitrogen and oxygen atoms in total. The fourth-order valence-corrected chi connectivity index (χ4v) is 2.95. The number of hydrogen-bond acceptors (Lipinski definition) is 5. The van der Waals surface area contributed by atoms with E-state index in [9.17, 15) is 0 Å². The highest BCUT2D eigenvalue weighted by atomic mass is 16.4. The van der Waals surface area contributed by atoms with E-state index in [1.165, 1.54) is 26.2 Å². The summed E-state index contributed by atoms with van der Waals surface area (Å²) in [5, 5.41) is 0. The summed E-state index contributed by atoms with van der Waals surface area (Å²) >= 11 is 0. The molecule has 2 aliphatic rings. The first-order valence-electron chi connectivity index (χ1n) is 7.71. The summed E-state index contributed by atoms with van der Waals surface area (Å²) in [5.74, 6) is 2.28. The molecule has 3 rings (SSSR count). The summed E-state index contributed by atoms with van der Waals surface area (Å²) in [6, 6.07) is 0.739. The van der Waals surface area contributed by atoms with E-state index in [4.69, 9.17) is 4.42 Å². The second kappa shape index (κ2) is 5.84. The van der Waals surface area contributed by atoms with Crippen LogP contribution in [0.4, 0.5) is 0 Å². The molecule has 2 saturated heterocycles. The van der Waals surface area contributed by atoms with Gasteiger partial charge in [0.05, 0.1) is 12.7 Å². The van der Waals surface area contributed by atoms with Crippen LogP contribution in [0.5, 0.6) is 0 Å². The Bertz CT molecular complexity index is 431. The van der Waals surface area contributed by atoms with E-state index in [1.54, 1.807) is 0 Å². The molecule has 0 atom stereocenters. The molecule has 0 radical (unpaired) electrons. The van der Waals surface area contributed by atoms with Crippen LogP contribution in [0.1, 0.15) is 31.4 Å². The minimum Gasteiger partial charge on any atom is -0.444 e. The van der Waals surface area contributed by atoms with E-state index in [-0.39, 0.29) is 0 Å². The molecule has 0 amide bonds. The van der Waals surface area contributed by atoms with Gasteiger partial charge in [0, 0.05) is 51.2 Å². The molecule has 0 aromatic carbocycles. The third-order valence-corrected chi connectivity index (χ3v) is 4.49. The maximum atomic E-state index is 5.77. The zero-order valence-electron chi connectivity index (χ0n) is 12.9. The number of nitrogens with zero attached hydrogens (tertiary/aromatic N) is 4. The Morgan fingerprint density at radius 3 is 2.55 bits per heavy atom. The molecular formula is C15H26N4O. The van der Waals surface area contributed by atoms with Crippen molar-refractivity contribution in [2.75, 3.05) is 46.3 Å². The number of likely N-dealkylation sites (N-methyl/N-ethyl adjacent to an activating group) is 1. The van der Waals surface area contributed by atoms with Crippen molar-refractivity contribution in [2.45, 2.75) is 32.4 Å². The number of hydrogen-bond donors (Lipinski definition) is 0.